The van der Waals surface area contributed by atoms with Crippen molar-refractivity contribution in [2.45, 2.75) is 24.5 Å². The maximum absolute atomic E-state index is 6.08. The Morgan fingerprint density at radius 3 is 2.82 bits per heavy atom. The number of thioether (sulfide) groups is 1. The van der Waals surface area contributed by atoms with Crippen LogP contribution in [0.5, 0.6) is 11.5 Å². The molecule has 1 atom stereocenters. The van der Waals surface area contributed by atoms with Gasteiger partial charge in [-0.3, -0.25) is 0 Å². The molecule has 0 N–H and O–H groups in total. The molecular formula is C16H21N2O3S+. The fourth-order valence-electron chi connectivity index (χ4n) is 2.65. The second-order valence-corrected chi connectivity index (χ2v) is 6.15. The Bertz CT molecular complexity index is 700. The minimum atomic E-state index is 0.0937. The van der Waals surface area contributed by atoms with Gasteiger partial charge in [-0.2, -0.15) is 0 Å². The van der Waals surface area contributed by atoms with Crippen molar-refractivity contribution >= 4 is 22.7 Å². The summed E-state index contributed by atoms with van der Waals surface area (Å²) in [6, 6.07) is 4.06. The van der Waals surface area contributed by atoms with Crippen LogP contribution in [0.3, 0.4) is 0 Å². The fourth-order valence-corrected chi connectivity index (χ4v) is 3.25. The molecule has 0 aliphatic carbocycles. The second-order valence-electron chi connectivity index (χ2n) is 5.35. The van der Waals surface area contributed by atoms with E-state index < -0.39 is 0 Å². The van der Waals surface area contributed by atoms with Crippen molar-refractivity contribution in [2.24, 2.45) is 7.05 Å². The molecule has 1 fully saturated rings. The summed E-state index contributed by atoms with van der Waals surface area (Å²) in [4.78, 5) is 4.65. The molecule has 5 nitrogen and oxygen atoms in total. The van der Waals surface area contributed by atoms with Crippen LogP contribution in [0.15, 0.2) is 17.2 Å². The summed E-state index contributed by atoms with van der Waals surface area (Å²) in [6.07, 6.45) is 3.05. The summed E-state index contributed by atoms with van der Waals surface area (Å²) in [5.41, 5.74) is 1.09. The van der Waals surface area contributed by atoms with E-state index in [4.69, 9.17) is 14.2 Å². The van der Waals surface area contributed by atoms with Gasteiger partial charge in [0, 0.05) is 25.5 Å². The maximum atomic E-state index is 6.08. The molecule has 1 aliphatic rings. The van der Waals surface area contributed by atoms with Crippen LogP contribution in [0.1, 0.15) is 12.2 Å². The van der Waals surface area contributed by atoms with E-state index in [2.05, 4.69) is 9.55 Å². The van der Waals surface area contributed by atoms with Crippen LogP contribution in [-0.4, -0.2) is 37.7 Å². The van der Waals surface area contributed by atoms with E-state index >= 15 is 0 Å². The molecule has 3 rings (SSSR count). The van der Waals surface area contributed by atoms with Gasteiger partial charge in [0.05, 0.1) is 32.8 Å². The lowest BCUT2D eigenvalue weighted by molar-refractivity contribution is -0.655. The predicted molar refractivity (Wildman–Crippen MR) is 85.8 cm³/mol. The normalized spacial score (nSPS) is 17.9. The molecule has 22 heavy (non-hydrogen) atoms. The first-order chi connectivity index (χ1) is 10.6. The number of methoxy groups -OCH3 is 1. The summed E-state index contributed by atoms with van der Waals surface area (Å²) < 4.78 is 19.1. The zero-order valence-electron chi connectivity index (χ0n) is 13.4. The molecule has 2 aromatic rings. The number of hydrogen-bond donors (Lipinski definition) is 0. The maximum Gasteiger partial charge on any atom is 0.296 e. The average molecular weight is 321 g/mol. The van der Waals surface area contributed by atoms with Gasteiger partial charge in [-0.05, 0) is 11.2 Å². The molecule has 1 saturated heterocycles. The molecule has 6 heteroatoms. The molecular weight excluding hydrogens is 300 g/mol. The molecule has 0 radical (unpaired) electrons. The lowest BCUT2D eigenvalue weighted by Gasteiger charge is -2.16. The summed E-state index contributed by atoms with van der Waals surface area (Å²) in [5.74, 6) is 2.47. The van der Waals surface area contributed by atoms with Gasteiger partial charge >= 0.3 is 0 Å². The third kappa shape index (κ3) is 2.73. The van der Waals surface area contributed by atoms with Gasteiger partial charge in [0.15, 0.2) is 11.5 Å². The summed E-state index contributed by atoms with van der Waals surface area (Å²) in [7, 11) is 3.68. The van der Waals surface area contributed by atoms with Gasteiger partial charge in [-0.25, -0.2) is 4.57 Å². The van der Waals surface area contributed by atoms with E-state index in [0.29, 0.717) is 6.61 Å². The van der Waals surface area contributed by atoms with Crippen molar-refractivity contribution in [1.29, 1.82) is 0 Å². The predicted octanol–water partition coefficient (Wildman–Crippen LogP) is 2.27. The van der Waals surface area contributed by atoms with E-state index in [1.54, 1.807) is 18.9 Å². The number of aromatic nitrogens is 2. The topological polar surface area (TPSA) is 44.5 Å². The number of hydrogen-bond acceptors (Lipinski definition) is 5. The number of rotatable bonds is 4. The summed E-state index contributed by atoms with van der Waals surface area (Å²) in [6.45, 7) is 3.40. The fraction of sp³-hybridized carbons (Fsp3) is 0.500. The number of nitrogens with zero attached hydrogens (tertiary/aromatic N) is 2. The largest absolute Gasteiger partial charge is 0.493 e. The van der Waals surface area contributed by atoms with Crippen LogP contribution in [0.4, 0.5) is 0 Å². The smallest absolute Gasteiger partial charge is 0.296 e. The van der Waals surface area contributed by atoms with Crippen LogP contribution in [-0.2, 0) is 11.8 Å². The molecule has 118 valence electrons. The highest BCUT2D eigenvalue weighted by Crippen LogP contribution is 2.35. The Kier molecular flexibility index (Phi) is 4.40. The van der Waals surface area contributed by atoms with Crippen LogP contribution >= 0.6 is 11.8 Å². The number of benzene rings is 1. The standard InChI is InChI=1S/C16H21N2O3S/c1-10-17-16(22-4)12-7-15(21-11-5-6-20-9-11)14(19-3)8-13(12)18(10)2/h7-8,11H,5-6,9H2,1-4H3/q+1/t11-/m0/s1. The first-order valence-electron chi connectivity index (χ1n) is 7.30. The van der Waals surface area contributed by atoms with E-state index in [0.717, 1.165) is 46.3 Å². The van der Waals surface area contributed by atoms with Crippen molar-refractivity contribution in [3.8, 4) is 11.5 Å². The molecule has 1 aromatic carbocycles. The van der Waals surface area contributed by atoms with Crippen LogP contribution < -0.4 is 14.0 Å². The summed E-state index contributed by atoms with van der Waals surface area (Å²) >= 11 is 1.64. The molecule has 1 aromatic heterocycles. The monoisotopic (exact) mass is 321 g/mol. The third-order valence-electron chi connectivity index (χ3n) is 4.00. The first-order valence-corrected chi connectivity index (χ1v) is 8.53. The number of ether oxygens (including phenoxy) is 3. The lowest BCUT2D eigenvalue weighted by Crippen LogP contribution is -2.34. The van der Waals surface area contributed by atoms with E-state index in [9.17, 15) is 0 Å². The van der Waals surface area contributed by atoms with Gasteiger partial charge < -0.3 is 14.2 Å². The van der Waals surface area contributed by atoms with Gasteiger partial charge in [0.2, 0.25) is 5.03 Å². The average Bonchev–Trinajstić information content (AvgIpc) is 3.03. The highest BCUT2D eigenvalue weighted by molar-refractivity contribution is 7.98. The molecule has 2 heterocycles. The SMILES string of the molecule is COc1cc2c(cc1O[C@H]1CCOC1)c(SC)nc(C)[n+]2C. The Morgan fingerprint density at radius 2 is 2.18 bits per heavy atom. The number of fused-ring (bicyclic) bond motifs is 1. The third-order valence-corrected chi connectivity index (χ3v) is 4.70. The molecule has 0 spiro atoms. The minimum Gasteiger partial charge on any atom is -0.493 e. The van der Waals surface area contributed by atoms with Crippen molar-refractivity contribution < 1.29 is 18.8 Å². The Hall–Kier alpha value is -1.53. The Balaban J connectivity index is 2.13. The Labute approximate surface area is 134 Å². The highest BCUT2D eigenvalue weighted by atomic mass is 32.2. The lowest BCUT2D eigenvalue weighted by atomic mass is 10.2. The molecule has 0 saturated carbocycles. The van der Waals surface area contributed by atoms with Gasteiger partial charge in [0.1, 0.15) is 11.6 Å². The zero-order valence-corrected chi connectivity index (χ0v) is 14.2. The van der Waals surface area contributed by atoms with E-state index in [1.165, 1.54) is 0 Å². The Morgan fingerprint density at radius 1 is 1.36 bits per heavy atom. The highest BCUT2D eigenvalue weighted by Gasteiger charge is 2.23. The van der Waals surface area contributed by atoms with Crippen LogP contribution in [0.25, 0.3) is 10.9 Å². The molecule has 1 aliphatic heterocycles. The van der Waals surface area contributed by atoms with E-state index in [1.807, 2.05) is 32.4 Å². The van der Waals surface area contributed by atoms with Crippen molar-refractivity contribution in [1.82, 2.24) is 4.98 Å². The van der Waals surface area contributed by atoms with Gasteiger partial charge in [-0.15, -0.1) is 0 Å². The van der Waals surface area contributed by atoms with Crippen LogP contribution in [0.2, 0.25) is 0 Å². The molecule has 0 bridgehead atoms. The van der Waals surface area contributed by atoms with Gasteiger partial charge in [-0.1, -0.05) is 11.8 Å². The minimum absolute atomic E-state index is 0.0937. The quantitative estimate of drug-likeness (QED) is 0.491. The van der Waals surface area contributed by atoms with Crippen molar-refractivity contribution in [3.63, 3.8) is 0 Å². The van der Waals surface area contributed by atoms with Crippen molar-refractivity contribution in [2.75, 3.05) is 26.6 Å². The second kappa shape index (κ2) is 6.30. The van der Waals surface area contributed by atoms with Crippen LogP contribution in [0, 0.1) is 6.92 Å². The molecule has 0 unspecified atom stereocenters. The molecule has 0 amide bonds. The zero-order chi connectivity index (χ0) is 15.7. The number of aryl methyl sites for hydroxylation is 2. The van der Waals surface area contributed by atoms with Crippen molar-refractivity contribution in [3.05, 3.63) is 18.0 Å². The first kappa shape index (κ1) is 15.4. The van der Waals surface area contributed by atoms with E-state index in [-0.39, 0.29) is 6.10 Å². The summed E-state index contributed by atoms with van der Waals surface area (Å²) in [5, 5.41) is 2.08. The van der Waals surface area contributed by atoms with Gasteiger partial charge in [0.25, 0.3) is 5.82 Å².